The van der Waals surface area contributed by atoms with Crippen LogP contribution in [0.15, 0.2) is 18.6 Å². The Balaban J connectivity index is 1.56. The molecule has 0 bridgehead atoms. The molecule has 1 amide bonds. The molecule has 0 aromatic carbocycles. The molecule has 2 fully saturated rings. The number of aromatic nitrogens is 3. The molecule has 2 aromatic heterocycles. The lowest BCUT2D eigenvalue weighted by Crippen LogP contribution is -2.46. The van der Waals surface area contributed by atoms with Crippen LogP contribution in [-0.4, -0.2) is 43.4 Å². The maximum Gasteiger partial charge on any atom is 0.222 e. The summed E-state index contributed by atoms with van der Waals surface area (Å²) in [6.45, 7) is 0.788. The summed E-state index contributed by atoms with van der Waals surface area (Å²) in [6, 6.07) is 2.77. The van der Waals surface area contributed by atoms with Crippen LogP contribution < -0.4 is 5.32 Å². The SMILES string of the molecule is O=C1CCC2CCC(Nc3ncnc4c3ccn4SI)CN12. The lowest BCUT2D eigenvalue weighted by molar-refractivity contribution is -0.129. The molecule has 0 radical (unpaired) electrons. The number of anilines is 1. The van der Waals surface area contributed by atoms with Crippen LogP contribution in [0.5, 0.6) is 0 Å². The number of nitrogens with one attached hydrogen (secondary N) is 1. The molecule has 0 saturated carbocycles. The van der Waals surface area contributed by atoms with Crippen molar-refractivity contribution < 1.29 is 4.79 Å². The summed E-state index contributed by atoms with van der Waals surface area (Å²) in [7, 11) is 1.59. The van der Waals surface area contributed by atoms with E-state index in [-0.39, 0.29) is 6.04 Å². The topological polar surface area (TPSA) is 63.1 Å². The Morgan fingerprint density at radius 3 is 3.09 bits per heavy atom. The smallest absolute Gasteiger partial charge is 0.222 e. The number of rotatable bonds is 3. The number of hydrogen-bond donors (Lipinski definition) is 1. The molecule has 2 unspecified atom stereocenters. The quantitative estimate of drug-likeness (QED) is 0.761. The molecule has 2 aromatic rings. The zero-order valence-electron chi connectivity index (χ0n) is 11.9. The normalized spacial score (nSPS) is 24.8. The third-order valence-electron chi connectivity index (χ3n) is 4.58. The molecule has 2 aliphatic rings. The van der Waals surface area contributed by atoms with Crippen molar-refractivity contribution in [1.82, 2.24) is 18.8 Å². The summed E-state index contributed by atoms with van der Waals surface area (Å²) in [5, 5.41) is 4.55. The van der Waals surface area contributed by atoms with Gasteiger partial charge in [-0.15, -0.1) is 0 Å². The van der Waals surface area contributed by atoms with Gasteiger partial charge in [0.2, 0.25) is 5.91 Å². The Hall–Kier alpha value is -1.03. The van der Waals surface area contributed by atoms with Crippen LogP contribution in [-0.2, 0) is 4.79 Å². The number of piperidine rings is 1. The van der Waals surface area contributed by atoms with Gasteiger partial charge >= 0.3 is 0 Å². The fraction of sp³-hybridized carbons (Fsp3) is 0.500. The van der Waals surface area contributed by atoms with Gasteiger partial charge in [-0.05, 0) is 25.3 Å². The minimum Gasteiger partial charge on any atom is -0.365 e. The van der Waals surface area contributed by atoms with Crippen LogP contribution in [0.1, 0.15) is 25.7 Å². The van der Waals surface area contributed by atoms with E-state index in [9.17, 15) is 4.79 Å². The summed E-state index contributed by atoms with van der Waals surface area (Å²) < 4.78 is 2.02. The summed E-state index contributed by atoms with van der Waals surface area (Å²) in [4.78, 5) is 22.7. The first-order valence-corrected chi connectivity index (χ1v) is 10.7. The van der Waals surface area contributed by atoms with Gasteiger partial charge in [0.25, 0.3) is 0 Å². The predicted molar refractivity (Wildman–Crippen MR) is 95.9 cm³/mol. The van der Waals surface area contributed by atoms with E-state index >= 15 is 0 Å². The summed E-state index contributed by atoms with van der Waals surface area (Å²) in [5.74, 6) is 1.17. The first kappa shape index (κ1) is 14.6. The minimum absolute atomic E-state index is 0.270. The lowest BCUT2D eigenvalue weighted by Gasteiger charge is -2.35. The highest BCUT2D eigenvalue weighted by molar-refractivity contribution is 14.2. The highest BCUT2D eigenvalue weighted by atomic mass is 127. The van der Waals surface area contributed by atoms with Gasteiger partial charge in [0.05, 0.1) is 5.39 Å². The second kappa shape index (κ2) is 5.88. The first-order chi connectivity index (χ1) is 10.8. The van der Waals surface area contributed by atoms with Crippen molar-refractivity contribution in [2.24, 2.45) is 0 Å². The number of carbonyl (C=O) groups excluding carboxylic acids is 1. The van der Waals surface area contributed by atoms with Crippen LogP contribution in [0.3, 0.4) is 0 Å². The highest BCUT2D eigenvalue weighted by Gasteiger charge is 2.36. The standard InChI is InChI=1S/C14H16IN5OS/c15-22-20-6-5-11-13(16-8-17-14(11)20)18-9-1-2-10-3-4-12(21)19(10)7-9/h5-6,8-10H,1-4,7H2,(H,16,17,18). The molecule has 2 saturated heterocycles. The molecular weight excluding hydrogens is 413 g/mol. The molecule has 6 nitrogen and oxygen atoms in total. The Morgan fingerprint density at radius 2 is 2.23 bits per heavy atom. The van der Waals surface area contributed by atoms with Crippen molar-refractivity contribution in [2.75, 3.05) is 11.9 Å². The summed E-state index contributed by atoms with van der Waals surface area (Å²) in [6.07, 6.45) is 7.51. The van der Waals surface area contributed by atoms with Gasteiger partial charge in [-0.1, -0.05) is 0 Å². The van der Waals surface area contributed by atoms with Gasteiger partial charge in [-0.25, -0.2) is 9.97 Å². The Morgan fingerprint density at radius 1 is 1.32 bits per heavy atom. The minimum atomic E-state index is 0.270. The number of carbonyl (C=O) groups is 1. The molecule has 2 atom stereocenters. The van der Waals surface area contributed by atoms with E-state index in [1.54, 1.807) is 15.4 Å². The molecule has 116 valence electrons. The predicted octanol–water partition coefficient (Wildman–Crippen LogP) is 2.84. The van der Waals surface area contributed by atoms with Gasteiger partial charge < -0.3 is 10.2 Å². The van der Waals surface area contributed by atoms with E-state index < -0.39 is 0 Å². The molecule has 22 heavy (non-hydrogen) atoms. The largest absolute Gasteiger partial charge is 0.365 e. The van der Waals surface area contributed by atoms with Crippen LogP contribution in [0.2, 0.25) is 0 Å². The van der Waals surface area contributed by atoms with E-state index in [2.05, 4.69) is 36.5 Å². The second-order valence-electron chi connectivity index (χ2n) is 5.83. The molecule has 4 heterocycles. The van der Waals surface area contributed by atoms with Crippen molar-refractivity contribution in [2.45, 2.75) is 37.8 Å². The molecule has 4 rings (SSSR count). The van der Waals surface area contributed by atoms with Crippen molar-refractivity contribution >= 4 is 53.1 Å². The molecule has 8 heteroatoms. The van der Waals surface area contributed by atoms with Crippen molar-refractivity contribution in [1.29, 1.82) is 0 Å². The number of fused-ring (bicyclic) bond motifs is 2. The average molecular weight is 429 g/mol. The number of hydrogen-bond acceptors (Lipinski definition) is 5. The highest BCUT2D eigenvalue weighted by Crippen LogP contribution is 2.31. The first-order valence-electron chi connectivity index (χ1n) is 7.43. The zero-order chi connectivity index (χ0) is 15.1. The van der Waals surface area contributed by atoms with Crippen LogP contribution >= 0.6 is 30.3 Å². The monoisotopic (exact) mass is 429 g/mol. The average Bonchev–Trinajstić information content (AvgIpc) is 3.12. The van der Waals surface area contributed by atoms with Crippen molar-refractivity contribution in [3.63, 3.8) is 0 Å². The molecular formula is C14H16IN5OS. The molecule has 2 aliphatic heterocycles. The van der Waals surface area contributed by atoms with Crippen molar-refractivity contribution in [3.8, 4) is 0 Å². The van der Waals surface area contributed by atoms with E-state index in [0.717, 1.165) is 42.7 Å². The number of halogens is 1. The fourth-order valence-corrected chi connectivity index (χ4v) is 4.75. The number of amides is 1. The third kappa shape index (κ3) is 2.45. The van der Waals surface area contributed by atoms with Crippen LogP contribution in [0.4, 0.5) is 5.82 Å². The molecule has 1 N–H and O–H groups in total. The van der Waals surface area contributed by atoms with Crippen LogP contribution in [0, 0.1) is 0 Å². The zero-order valence-corrected chi connectivity index (χ0v) is 14.9. The lowest BCUT2D eigenvalue weighted by atomic mass is 9.99. The van der Waals surface area contributed by atoms with E-state index in [0.29, 0.717) is 18.4 Å². The Kier molecular flexibility index (Phi) is 3.89. The summed E-state index contributed by atoms with van der Waals surface area (Å²) in [5.41, 5.74) is 0.919. The van der Waals surface area contributed by atoms with Crippen molar-refractivity contribution in [3.05, 3.63) is 18.6 Å². The summed E-state index contributed by atoms with van der Waals surface area (Å²) >= 11 is 2.24. The third-order valence-corrected chi connectivity index (χ3v) is 6.30. The van der Waals surface area contributed by atoms with Crippen LogP contribution in [0.25, 0.3) is 11.0 Å². The molecule has 0 spiro atoms. The number of nitrogens with zero attached hydrogens (tertiary/aromatic N) is 4. The van der Waals surface area contributed by atoms with Gasteiger partial charge in [-0.3, -0.25) is 8.77 Å². The van der Waals surface area contributed by atoms with E-state index in [1.807, 2.05) is 21.1 Å². The van der Waals surface area contributed by atoms with E-state index in [1.165, 1.54) is 0 Å². The Labute approximate surface area is 144 Å². The second-order valence-corrected chi connectivity index (χ2v) is 7.54. The van der Waals surface area contributed by atoms with E-state index in [4.69, 9.17) is 0 Å². The van der Waals surface area contributed by atoms with Gasteiger partial charge in [0.1, 0.15) is 12.1 Å². The maximum atomic E-state index is 11.9. The molecule has 0 aliphatic carbocycles. The van der Waals surface area contributed by atoms with Gasteiger partial charge in [0, 0.05) is 61.6 Å². The maximum absolute atomic E-state index is 11.9. The Bertz CT molecular complexity index is 720. The van der Waals surface area contributed by atoms with Gasteiger partial charge in [-0.2, -0.15) is 0 Å². The fourth-order valence-electron chi connectivity index (χ4n) is 3.48. The van der Waals surface area contributed by atoms with Gasteiger partial charge in [0.15, 0.2) is 5.65 Å².